The fourth-order valence-electron chi connectivity index (χ4n) is 8.15. The lowest BCUT2D eigenvalue weighted by molar-refractivity contribution is -0.167. The zero-order valence-corrected chi connectivity index (χ0v) is 41.2. The highest BCUT2D eigenvalue weighted by Gasteiger charge is 2.47. The number of rotatable bonds is 18. The van der Waals surface area contributed by atoms with Crippen molar-refractivity contribution in [3.63, 3.8) is 0 Å². The summed E-state index contributed by atoms with van der Waals surface area (Å²) in [4.78, 5) is 133. The van der Waals surface area contributed by atoms with Gasteiger partial charge in [-0.1, -0.05) is 84.2 Å². The fourth-order valence-corrected chi connectivity index (χ4v) is 8.15. The predicted octanol–water partition coefficient (Wildman–Crippen LogP) is -0.366. The Morgan fingerprint density at radius 1 is 0.928 bits per heavy atom. The van der Waals surface area contributed by atoms with Gasteiger partial charge < -0.3 is 62.4 Å². The largest absolute Gasteiger partial charge is 0.469 e. The number of aliphatic hydroxyl groups is 1. The van der Waals surface area contributed by atoms with E-state index in [0.29, 0.717) is 18.4 Å². The Balaban J connectivity index is 2.24. The molecular weight excluding hydrogens is 897 g/mol. The summed E-state index contributed by atoms with van der Waals surface area (Å²) in [5.41, 5.74) is 11.7. The summed E-state index contributed by atoms with van der Waals surface area (Å²) < 4.78 is 10.7. The SMILES string of the molecule is CCCCCC(=O)N[C@H](CC(=O)OC)C(=O)N[C@@H]1C(=O)N[C@@H](CCCN=C(N)N)C(=O)N[C@H]2CC[C@@H](O)N(C2=O)[C@@H](C(C)C)C(=O)N(C)[C@@H](Cc2ccccc2)C(=O)N[C@@H]([C@@H](C)CC)C(=O)O[C@H]1C. The molecule has 0 saturated carbocycles. The maximum absolute atomic E-state index is 14.8. The summed E-state index contributed by atoms with van der Waals surface area (Å²) in [6.07, 6.45) is -1.41. The smallest absolute Gasteiger partial charge is 0.329 e. The molecule has 0 radical (unpaired) electrons. The van der Waals surface area contributed by atoms with E-state index < -0.39 is 126 Å². The van der Waals surface area contributed by atoms with Crippen LogP contribution in [0.15, 0.2) is 35.3 Å². The maximum Gasteiger partial charge on any atom is 0.329 e. The van der Waals surface area contributed by atoms with E-state index in [1.54, 1.807) is 58.0 Å². The number of piperidine rings is 1. The van der Waals surface area contributed by atoms with Crippen LogP contribution in [0.1, 0.15) is 111 Å². The van der Waals surface area contributed by atoms with E-state index in [0.717, 1.165) is 24.9 Å². The van der Waals surface area contributed by atoms with Crippen molar-refractivity contribution in [2.24, 2.45) is 28.3 Å². The minimum atomic E-state index is -1.81. The summed E-state index contributed by atoms with van der Waals surface area (Å²) >= 11 is 0. The third-order valence-electron chi connectivity index (χ3n) is 12.4. The highest BCUT2D eigenvalue weighted by molar-refractivity contribution is 5.99. The van der Waals surface area contributed by atoms with Gasteiger partial charge in [0.2, 0.25) is 41.4 Å². The van der Waals surface area contributed by atoms with Gasteiger partial charge in [0, 0.05) is 26.4 Å². The van der Waals surface area contributed by atoms with Crippen molar-refractivity contribution < 1.29 is 57.7 Å². The molecule has 0 aromatic heterocycles. The van der Waals surface area contributed by atoms with Gasteiger partial charge in [-0.05, 0) is 56.4 Å². The molecule has 1 aromatic rings. The highest BCUT2D eigenvalue weighted by Crippen LogP contribution is 2.27. The van der Waals surface area contributed by atoms with Crippen LogP contribution < -0.4 is 38.1 Å². The van der Waals surface area contributed by atoms with Crippen LogP contribution in [-0.2, 0) is 59.0 Å². The van der Waals surface area contributed by atoms with Crippen molar-refractivity contribution in [1.29, 1.82) is 0 Å². The minimum absolute atomic E-state index is 0.0192. The van der Waals surface area contributed by atoms with Crippen LogP contribution in [0.25, 0.3) is 0 Å². The topological polar surface area (TPSA) is 323 Å². The van der Waals surface area contributed by atoms with E-state index in [1.165, 1.54) is 18.9 Å². The number of fused-ring (bicyclic) bond motifs is 2. The fraction of sp³-hybridized carbons (Fsp3) is 0.660. The van der Waals surface area contributed by atoms with Gasteiger partial charge in [-0.15, -0.1) is 0 Å². The number of guanidine groups is 1. The molecule has 2 fully saturated rings. The molecule has 69 heavy (non-hydrogen) atoms. The zero-order chi connectivity index (χ0) is 51.5. The van der Waals surface area contributed by atoms with Crippen molar-refractivity contribution >= 4 is 59.2 Å². The number of ether oxygens (including phenoxy) is 2. The normalized spacial score (nSPS) is 25.1. The Morgan fingerprint density at radius 2 is 1.61 bits per heavy atom. The molecule has 22 heteroatoms. The first-order chi connectivity index (χ1) is 32.6. The number of benzene rings is 1. The number of carbonyl (C=O) groups is 9. The molecule has 10 atom stereocenters. The number of likely N-dealkylation sites (N-methyl/N-ethyl adjacent to an activating group) is 1. The van der Waals surface area contributed by atoms with Gasteiger partial charge in [0.05, 0.1) is 13.5 Å². The van der Waals surface area contributed by atoms with Gasteiger partial charge in [-0.2, -0.15) is 0 Å². The number of nitrogens with one attached hydrogen (secondary N) is 5. The van der Waals surface area contributed by atoms with Crippen LogP contribution in [0, 0.1) is 11.8 Å². The number of aliphatic hydroxyl groups excluding tert-OH is 1. The molecule has 0 aliphatic carbocycles. The molecule has 10 N–H and O–H groups in total. The average Bonchev–Trinajstić information content (AvgIpc) is 3.30. The number of carbonyl (C=O) groups excluding carboxylic acids is 9. The lowest BCUT2D eigenvalue weighted by atomic mass is 9.93. The molecule has 384 valence electrons. The minimum Gasteiger partial charge on any atom is -0.469 e. The van der Waals surface area contributed by atoms with Crippen LogP contribution in [0.5, 0.6) is 0 Å². The number of hydrogen-bond donors (Lipinski definition) is 8. The van der Waals surface area contributed by atoms with Crippen LogP contribution in [0.3, 0.4) is 0 Å². The van der Waals surface area contributed by atoms with Crippen LogP contribution >= 0.6 is 0 Å². The second-order valence-electron chi connectivity index (χ2n) is 18.1. The Labute approximate surface area is 404 Å². The number of unbranched alkanes of at least 4 members (excludes halogenated alkanes) is 2. The molecule has 2 aliphatic rings. The Morgan fingerprint density at radius 3 is 2.22 bits per heavy atom. The van der Waals surface area contributed by atoms with Gasteiger partial charge in [0.15, 0.2) is 5.96 Å². The molecule has 0 unspecified atom stereocenters. The molecular formula is C47H74N10O12. The molecule has 7 amide bonds. The van der Waals surface area contributed by atoms with Crippen molar-refractivity contribution in [3.05, 3.63) is 35.9 Å². The molecule has 2 aliphatic heterocycles. The lowest BCUT2D eigenvalue weighted by Crippen LogP contribution is -2.66. The summed E-state index contributed by atoms with van der Waals surface area (Å²) in [5, 5.41) is 24.5. The first kappa shape index (κ1) is 57.0. The van der Waals surface area contributed by atoms with Gasteiger partial charge in [0.1, 0.15) is 54.6 Å². The Bertz CT molecular complexity index is 1980. The standard InChI is InChI=1S/C47H74N10O12/c1-9-11-13-20-34(58)51-32(25-36(60)68-8)41(62)55-38-28(6)69-46(67)37(27(5)10-2)54-42(63)33(24-29-17-14-12-15-18-29)56(7)45(66)39(26(3)4)57-35(59)22-21-31(44(57)65)53-40(61)30(52-43(38)64)19-16-23-50-47(48)49/h12,14-15,17-18,26-28,30-33,35,37-39,59H,9-11,13,16,19-25H2,1-8H3,(H,51,58)(H,52,64)(H,53,61)(H,54,63)(H,55,62)(H4,48,49,50)/t27-,28-,30-,31-,32+,33-,35+,37-,38-,39-/m0/s1. The van der Waals surface area contributed by atoms with E-state index >= 15 is 0 Å². The molecule has 3 rings (SSSR count). The van der Waals surface area contributed by atoms with E-state index in [2.05, 4.69) is 31.6 Å². The summed E-state index contributed by atoms with van der Waals surface area (Å²) in [6.45, 7) is 10.1. The maximum atomic E-state index is 14.8. The van der Waals surface area contributed by atoms with E-state index in [-0.39, 0.29) is 51.0 Å². The van der Waals surface area contributed by atoms with Gasteiger partial charge in [-0.25, -0.2) is 4.79 Å². The first-order valence-electron chi connectivity index (χ1n) is 23.8. The Hall–Kier alpha value is -6.32. The quantitative estimate of drug-likeness (QED) is 0.0403. The number of aliphatic imine (C=N–C) groups is 1. The van der Waals surface area contributed by atoms with Crippen molar-refractivity contribution in [2.75, 3.05) is 20.7 Å². The first-order valence-corrected chi connectivity index (χ1v) is 23.8. The second kappa shape index (κ2) is 27.6. The van der Waals surface area contributed by atoms with Crippen molar-refractivity contribution in [3.8, 4) is 0 Å². The van der Waals surface area contributed by atoms with Gasteiger partial charge in [0.25, 0.3) is 0 Å². The number of hydrogen-bond acceptors (Lipinski definition) is 13. The monoisotopic (exact) mass is 971 g/mol. The van der Waals surface area contributed by atoms with Crippen molar-refractivity contribution in [2.45, 2.75) is 167 Å². The molecule has 2 bridgehead atoms. The summed E-state index contributed by atoms with van der Waals surface area (Å²) in [6, 6.07) is -1.31. The van der Waals surface area contributed by atoms with E-state index in [1.807, 2.05) is 6.92 Å². The number of nitrogens with zero attached hydrogens (tertiary/aromatic N) is 3. The lowest BCUT2D eigenvalue weighted by Gasteiger charge is -2.44. The summed E-state index contributed by atoms with van der Waals surface area (Å²) in [7, 11) is 2.49. The number of methoxy groups -OCH3 is 1. The molecule has 2 heterocycles. The zero-order valence-electron chi connectivity index (χ0n) is 41.2. The van der Waals surface area contributed by atoms with Gasteiger partial charge >= 0.3 is 11.9 Å². The number of esters is 2. The number of nitrogens with two attached hydrogens (primary N) is 2. The summed E-state index contributed by atoms with van der Waals surface area (Å²) in [5.74, 6) is -9.08. The van der Waals surface area contributed by atoms with E-state index in [4.69, 9.17) is 20.9 Å². The second-order valence-corrected chi connectivity index (χ2v) is 18.1. The van der Waals surface area contributed by atoms with Crippen LogP contribution in [-0.4, -0.2) is 149 Å². The van der Waals surface area contributed by atoms with Crippen LogP contribution in [0.4, 0.5) is 0 Å². The molecule has 2 saturated heterocycles. The van der Waals surface area contributed by atoms with Crippen LogP contribution in [0.2, 0.25) is 0 Å². The van der Waals surface area contributed by atoms with E-state index in [9.17, 15) is 48.3 Å². The average molecular weight is 971 g/mol. The Kier molecular flexibility index (Phi) is 22.8. The highest BCUT2D eigenvalue weighted by atomic mass is 16.5. The van der Waals surface area contributed by atoms with Crippen molar-refractivity contribution in [1.82, 2.24) is 36.4 Å². The number of amides is 7. The number of cyclic esters (lactones) is 1. The van der Waals surface area contributed by atoms with Gasteiger partial charge in [-0.3, -0.25) is 43.3 Å². The predicted molar refractivity (Wildman–Crippen MR) is 253 cm³/mol. The molecule has 0 spiro atoms. The third kappa shape index (κ3) is 16.7. The third-order valence-corrected chi connectivity index (χ3v) is 12.4. The molecule has 22 nitrogen and oxygen atoms in total. The molecule has 1 aromatic carbocycles.